The number of carbonyl (C=O) groups is 1. The van der Waals surface area contributed by atoms with Crippen molar-refractivity contribution in [1.29, 1.82) is 0 Å². The minimum atomic E-state index is -0.282. The Kier molecular flexibility index (Phi) is 6.66. The van der Waals surface area contributed by atoms with Crippen molar-refractivity contribution in [3.05, 3.63) is 69.2 Å². The largest absolute Gasteiger partial charge is 0.332 e. The third-order valence-corrected chi connectivity index (χ3v) is 6.70. The molecule has 1 unspecified atom stereocenters. The molecule has 0 N–H and O–H groups in total. The fraction of sp³-hybridized carbons (Fsp3) is 0.423. The maximum Gasteiger partial charge on any atom is 0.266 e. The van der Waals surface area contributed by atoms with Crippen molar-refractivity contribution in [1.82, 2.24) is 14.5 Å². The van der Waals surface area contributed by atoms with Gasteiger partial charge in [0.2, 0.25) is 5.91 Å². The highest BCUT2D eigenvalue weighted by molar-refractivity contribution is 6.30. The summed E-state index contributed by atoms with van der Waals surface area (Å²) < 4.78 is 1.69. The van der Waals surface area contributed by atoms with E-state index in [2.05, 4.69) is 13.8 Å². The molecule has 0 spiro atoms. The van der Waals surface area contributed by atoms with Gasteiger partial charge in [-0.2, -0.15) is 0 Å². The van der Waals surface area contributed by atoms with E-state index in [0.717, 1.165) is 36.9 Å². The first-order valence-corrected chi connectivity index (χ1v) is 11.9. The summed E-state index contributed by atoms with van der Waals surface area (Å²) in [6, 6.07) is 12.6. The molecule has 168 valence electrons. The normalized spacial score (nSPS) is 14.9. The fourth-order valence-electron chi connectivity index (χ4n) is 4.57. The molecule has 1 atom stereocenters. The van der Waals surface area contributed by atoms with Crippen molar-refractivity contribution >= 4 is 28.4 Å². The predicted molar refractivity (Wildman–Crippen MR) is 129 cm³/mol. The SMILES string of the molecule is CCCN(C(=O)C1CCC1)C(CC)c1nc2ccccc2c(=O)n1-c1ccc(Cl)cc1C. The number of hydrogen-bond acceptors (Lipinski definition) is 3. The summed E-state index contributed by atoms with van der Waals surface area (Å²) in [7, 11) is 0. The van der Waals surface area contributed by atoms with Crippen molar-refractivity contribution in [2.45, 2.75) is 58.9 Å². The van der Waals surface area contributed by atoms with Crippen LogP contribution in [0.3, 0.4) is 0 Å². The Hall–Kier alpha value is -2.66. The van der Waals surface area contributed by atoms with Gasteiger partial charge in [0.1, 0.15) is 5.82 Å². The van der Waals surface area contributed by atoms with E-state index in [1.807, 2.05) is 42.2 Å². The molecule has 0 radical (unpaired) electrons. The lowest BCUT2D eigenvalue weighted by Gasteiger charge is -2.37. The van der Waals surface area contributed by atoms with Crippen LogP contribution >= 0.6 is 11.6 Å². The first kappa shape index (κ1) is 22.5. The Labute approximate surface area is 194 Å². The van der Waals surface area contributed by atoms with Crippen LogP contribution in [0.5, 0.6) is 0 Å². The maximum atomic E-state index is 13.7. The molecule has 0 bridgehead atoms. The van der Waals surface area contributed by atoms with Gasteiger partial charge in [-0.25, -0.2) is 4.98 Å². The van der Waals surface area contributed by atoms with Gasteiger partial charge in [-0.1, -0.05) is 44.0 Å². The zero-order valence-electron chi connectivity index (χ0n) is 19.0. The van der Waals surface area contributed by atoms with Crippen molar-refractivity contribution < 1.29 is 4.79 Å². The minimum Gasteiger partial charge on any atom is -0.332 e. The molecule has 1 saturated carbocycles. The molecule has 1 aromatic heterocycles. The van der Waals surface area contributed by atoms with Crippen LogP contribution in [0.2, 0.25) is 5.02 Å². The Balaban J connectivity index is 1.96. The summed E-state index contributed by atoms with van der Waals surface area (Å²) in [5.41, 5.74) is 2.17. The first-order chi connectivity index (χ1) is 15.5. The number of fused-ring (bicyclic) bond motifs is 1. The molecule has 32 heavy (non-hydrogen) atoms. The van der Waals surface area contributed by atoms with E-state index in [0.29, 0.717) is 34.7 Å². The van der Waals surface area contributed by atoms with E-state index in [1.165, 1.54) is 0 Å². The molecule has 1 aliphatic carbocycles. The highest BCUT2D eigenvalue weighted by Crippen LogP contribution is 2.34. The Morgan fingerprint density at radius 3 is 2.59 bits per heavy atom. The van der Waals surface area contributed by atoms with Crippen LogP contribution < -0.4 is 5.56 Å². The van der Waals surface area contributed by atoms with Crippen molar-refractivity contribution in [2.24, 2.45) is 5.92 Å². The number of hydrogen-bond donors (Lipinski definition) is 0. The molecule has 6 heteroatoms. The number of halogens is 1. The van der Waals surface area contributed by atoms with Gasteiger partial charge in [0, 0.05) is 17.5 Å². The van der Waals surface area contributed by atoms with Crippen LogP contribution in [0.25, 0.3) is 16.6 Å². The van der Waals surface area contributed by atoms with Crippen LogP contribution in [0.1, 0.15) is 63.4 Å². The molecule has 1 amide bonds. The van der Waals surface area contributed by atoms with Crippen LogP contribution in [-0.4, -0.2) is 26.9 Å². The van der Waals surface area contributed by atoms with Gasteiger partial charge in [0.15, 0.2) is 0 Å². The summed E-state index contributed by atoms with van der Waals surface area (Å²) in [6.45, 7) is 6.73. The lowest BCUT2D eigenvalue weighted by atomic mass is 9.84. The van der Waals surface area contributed by atoms with Gasteiger partial charge in [-0.05, 0) is 68.5 Å². The number of nitrogens with zero attached hydrogens (tertiary/aromatic N) is 3. The van der Waals surface area contributed by atoms with Crippen LogP contribution in [0.4, 0.5) is 0 Å². The maximum absolute atomic E-state index is 13.7. The Bertz CT molecular complexity index is 1200. The second kappa shape index (κ2) is 9.45. The molecule has 1 fully saturated rings. The average Bonchev–Trinajstić information content (AvgIpc) is 2.73. The number of benzene rings is 2. The molecular formula is C26H30ClN3O2. The van der Waals surface area contributed by atoms with Crippen LogP contribution in [0, 0.1) is 12.8 Å². The van der Waals surface area contributed by atoms with Crippen molar-refractivity contribution in [3.8, 4) is 5.69 Å². The second-order valence-electron chi connectivity index (χ2n) is 8.64. The third kappa shape index (κ3) is 4.06. The number of amides is 1. The Morgan fingerprint density at radius 2 is 1.97 bits per heavy atom. The topological polar surface area (TPSA) is 55.2 Å². The zero-order chi connectivity index (χ0) is 22.8. The molecule has 5 nitrogen and oxygen atoms in total. The van der Waals surface area contributed by atoms with Gasteiger partial charge >= 0.3 is 0 Å². The molecule has 0 saturated heterocycles. The summed E-state index contributed by atoms with van der Waals surface area (Å²) in [5.74, 6) is 0.892. The number of aryl methyl sites for hydroxylation is 1. The summed E-state index contributed by atoms with van der Waals surface area (Å²) in [6.07, 6.45) is 4.53. The quantitative estimate of drug-likeness (QED) is 0.453. The highest BCUT2D eigenvalue weighted by atomic mass is 35.5. The molecule has 1 aliphatic rings. The average molecular weight is 452 g/mol. The second-order valence-corrected chi connectivity index (χ2v) is 9.08. The molecule has 2 aromatic carbocycles. The van der Waals surface area contributed by atoms with E-state index in [4.69, 9.17) is 16.6 Å². The zero-order valence-corrected chi connectivity index (χ0v) is 19.7. The predicted octanol–water partition coefficient (Wildman–Crippen LogP) is 5.84. The minimum absolute atomic E-state index is 0.0912. The first-order valence-electron chi connectivity index (χ1n) is 11.5. The van der Waals surface area contributed by atoms with Crippen molar-refractivity contribution in [2.75, 3.05) is 6.54 Å². The van der Waals surface area contributed by atoms with Gasteiger partial charge in [0.25, 0.3) is 5.56 Å². The van der Waals surface area contributed by atoms with Crippen LogP contribution in [0.15, 0.2) is 47.3 Å². The van der Waals surface area contributed by atoms with E-state index >= 15 is 0 Å². The van der Waals surface area contributed by atoms with E-state index in [-0.39, 0.29) is 23.4 Å². The number of aromatic nitrogens is 2. The summed E-state index contributed by atoms with van der Waals surface area (Å²) in [4.78, 5) is 34.1. The number of carbonyl (C=O) groups excluding carboxylic acids is 1. The van der Waals surface area contributed by atoms with Gasteiger partial charge in [0.05, 0.1) is 22.6 Å². The van der Waals surface area contributed by atoms with E-state index in [1.54, 1.807) is 16.7 Å². The fourth-order valence-corrected chi connectivity index (χ4v) is 4.80. The van der Waals surface area contributed by atoms with Gasteiger partial charge < -0.3 is 4.90 Å². The standard InChI is InChI=1S/C26H30ClN3O2/c1-4-15-29(25(31)18-9-8-10-18)22(5-2)24-28-21-12-7-6-11-20(21)26(32)30(24)23-14-13-19(27)16-17(23)3/h6-7,11-14,16,18,22H,4-5,8-10,15H2,1-3H3. The van der Waals surface area contributed by atoms with Gasteiger partial charge in [-0.15, -0.1) is 0 Å². The summed E-state index contributed by atoms with van der Waals surface area (Å²) >= 11 is 6.20. The highest BCUT2D eigenvalue weighted by Gasteiger charge is 2.35. The summed E-state index contributed by atoms with van der Waals surface area (Å²) in [5, 5.41) is 1.18. The van der Waals surface area contributed by atoms with Crippen molar-refractivity contribution in [3.63, 3.8) is 0 Å². The van der Waals surface area contributed by atoms with E-state index < -0.39 is 0 Å². The van der Waals surface area contributed by atoms with Crippen LogP contribution in [-0.2, 0) is 4.79 Å². The number of para-hydroxylation sites is 1. The molecule has 0 aliphatic heterocycles. The Morgan fingerprint density at radius 1 is 1.22 bits per heavy atom. The third-order valence-electron chi connectivity index (χ3n) is 6.46. The number of rotatable bonds is 7. The molecular weight excluding hydrogens is 422 g/mol. The monoisotopic (exact) mass is 451 g/mol. The molecule has 4 rings (SSSR count). The van der Waals surface area contributed by atoms with E-state index in [9.17, 15) is 9.59 Å². The lowest BCUT2D eigenvalue weighted by Crippen LogP contribution is -2.43. The smallest absolute Gasteiger partial charge is 0.266 e. The molecule has 3 aromatic rings. The lowest BCUT2D eigenvalue weighted by molar-refractivity contribution is -0.141. The molecule has 1 heterocycles. The van der Waals surface area contributed by atoms with Gasteiger partial charge in [-0.3, -0.25) is 14.2 Å².